The normalized spacial score (nSPS) is 12.2. The maximum Gasteiger partial charge on any atom is 0.217 e. The van der Waals surface area contributed by atoms with E-state index in [-0.39, 0.29) is 11.9 Å². The Morgan fingerprint density at radius 1 is 1.37 bits per heavy atom. The summed E-state index contributed by atoms with van der Waals surface area (Å²) in [7, 11) is 0. The number of carbonyl (C=O) groups is 1. The molecule has 0 radical (unpaired) electrons. The summed E-state index contributed by atoms with van der Waals surface area (Å²) in [5.74, 6) is 0.213. The van der Waals surface area contributed by atoms with Crippen LogP contribution < -0.4 is 16.2 Å². The van der Waals surface area contributed by atoms with E-state index in [2.05, 4.69) is 0 Å². The zero-order valence-electron chi connectivity index (χ0n) is 10.8. The minimum Gasteiger partial charge on any atom is -0.492 e. The number of halogens is 2. The van der Waals surface area contributed by atoms with Crippen molar-refractivity contribution in [3.8, 4) is 5.75 Å². The summed E-state index contributed by atoms with van der Waals surface area (Å²) in [6.45, 7) is 2.38. The van der Waals surface area contributed by atoms with Crippen LogP contribution in [0.1, 0.15) is 37.8 Å². The average molecular weight is 305 g/mol. The lowest BCUT2D eigenvalue weighted by atomic mass is 10.0. The average Bonchev–Trinajstić information content (AvgIpc) is 2.33. The van der Waals surface area contributed by atoms with E-state index < -0.39 is 0 Å². The third kappa shape index (κ3) is 4.90. The van der Waals surface area contributed by atoms with Gasteiger partial charge in [0.2, 0.25) is 5.91 Å². The van der Waals surface area contributed by atoms with Crippen molar-refractivity contribution in [3.05, 3.63) is 27.7 Å². The van der Waals surface area contributed by atoms with Crippen molar-refractivity contribution in [2.24, 2.45) is 11.5 Å². The first-order chi connectivity index (χ1) is 8.95. The number of hydrogen-bond acceptors (Lipinski definition) is 3. The number of nitrogens with two attached hydrogens (primary N) is 2. The van der Waals surface area contributed by atoms with Gasteiger partial charge in [0.05, 0.1) is 11.6 Å². The van der Waals surface area contributed by atoms with Crippen molar-refractivity contribution in [1.29, 1.82) is 0 Å². The van der Waals surface area contributed by atoms with Crippen molar-refractivity contribution in [2.75, 3.05) is 6.61 Å². The van der Waals surface area contributed by atoms with Gasteiger partial charge < -0.3 is 16.2 Å². The second-order valence-corrected chi connectivity index (χ2v) is 5.02. The highest BCUT2D eigenvalue weighted by atomic mass is 35.5. The van der Waals surface area contributed by atoms with Gasteiger partial charge in [-0.15, -0.1) is 0 Å². The van der Waals surface area contributed by atoms with Gasteiger partial charge >= 0.3 is 0 Å². The van der Waals surface area contributed by atoms with Crippen LogP contribution in [0.5, 0.6) is 5.75 Å². The highest BCUT2D eigenvalue weighted by Gasteiger charge is 2.14. The van der Waals surface area contributed by atoms with Crippen LogP contribution in [0.2, 0.25) is 10.0 Å². The Hall–Kier alpha value is -0.970. The summed E-state index contributed by atoms with van der Waals surface area (Å²) in [6.07, 6.45) is 1.56. The summed E-state index contributed by atoms with van der Waals surface area (Å²) in [6, 6.07) is 3.10. The van der Waals surface area contributed by atoms with E-state index in [1.165, 1.54) is 0 Å². The van der Waals surface area contributed by atoms with Crippen molar-refractivity contribution in [2.45, 2.75) is 32.2 Å². The van der Waals surface area contributed by atoms with Gasteiger partial charge in [0.1, 0.15) is 5.75 Å². The molecular formula is C13H18Cl2N2O2. The molecular weight excluding hydrogens is 287 g/mol. The fraction of sp³-hybridized carbons (Fsp3) is 0.462. The molecule has 4 N–H and O–H groups in total. The van der Waals surface area contributed by atoms with Gasteiger partial charge in [-0.25, -0.2) is 0 Å². The Kier molecular flexibility index (Phi) is 6.42. The highest BCUT2D eigenvalue weighted by Crippen LogP contribution is 2.34. The Bertz CT molecular complexity index is 453. The van der Waals surface area contributed by atoms with Gasteiger partial charge in [-0.1, -0.05) is 23.2 Å². The number of ether oxygens (including phenoxy) is 1. The first kappa shape index (κ1) is 16.1. The zero-order chi connectivity index (χ0) is 14.4. The van der Waals surface area contributed by atoms with Gasteiger partial charge in [0.25, 0.3) is 0 Å². The molecule has 1 aromatic rings. The molecule has 1 unspecified atom stereocenters. The smallest absolute Gasteiger partial charge is 0.217 e. The lowest BCUT2D eigenvalue weighted by Crippen LogP contribution is -2.14. The van der Waals surface area contributed by atoms with E-state index in [1.54, 1.807) is 12.1 Å². The maximum atomic E-state index is 10.7. The third-order valence-corrected chi connectivity index (χ3v) is 3.31. The SMILES string of the molecule is CCOc1cc(Cl)c(C(N)CCCC(N)=O)cc1Cl. The molecule has 106 valence electrons. The number of amides is 1. The van der Waals surface area contributed by atoms with Gasteiger partial charge in [0.15, 0.2) is 0 Å². The molecule has 0 aromatic heterocycles. The van der Waals surface area contributed by atoms with Crippen LogP contribution in [-0.2, 0) is 4.79 Å². The first-order valence-electron chi connectivity index (χ1n) is 6.11. The quantitative estimate of drug-likeness (QED) is 0.812. The van der Waals surface area contributed by atoms with Crippen molar-refractivity contribution >= 4 is 29.1 Å². The Labute approximate surface area is 123 Å². The molecule has 0 aliphatic carbocycles. The predicted molar refractivity (Wildman–Crippen MR) is 77.6 cm³/mol. The van der Waals surface area contributed by atoms with Gasteiger partial charge in [0, 0.05) is 23.6 Å². The number of benzene rings is 1. The Morgan fingerprint density at radius 2 is 2.05 bits per heavy atom. The lowest BCUT2D eigenvalue weighted by Gasteiger charge is -2.15. The molecule has 4 nitrogen and oxygen atoms in total. The van der Waals surface area contributed by atoms with Crippen LogP contribution in [-0.4, -0.2) is 12.5 Å². The van der Waals surface area contributed by atoms with E-state index >= 15 is 0 Å². The zero-order valence-corrected chi connectivity index (χ0v) is 12.3. The first-order valence-corrected chi connectivity index (χ1v) is 6.87. The summed E-state index contributed by atoms with van der Waals surface area (Å²) in [4.78, 5) is 10.7. The molecule has 0 saturated heterocycles. The van der Waals surface area contributed by atoms with Crippen LogP contribution in [0.25, 0.3) is 0 Å². The second kappa shape index (κ2) is 7.58. The number of primary amides is 1. The largest absolute Gasteiger partial charge is 0.492 e. The van der Waals surface area contributed by atoms with E-state index in [1.807, 2.05) is 6.92 Å². The second-order valence-electron chi connectivity index (χ2n) is 4.20. The van der Waals surface area contributed by atoms with Crippen LogP contribution >= 0.6 is 23.2 Å². The van der Waals surface area contributed by atoms with Crippen LogP contribution in [0.15, 0.2) is 12.1 Å². The maximum absolute atomic E-state index is 10.7. The molecule has 0 aliphatic heterocycles. The van der Waals surface area contributed by atoms with Crippen molar-refractivity contribution < 1.29 is 9.53 Å². The third-order valence-electron chi connectivity index (χ3n) is 2.69. The van der Waals surface area contributed by atoms with E-state index in [4.69, 9.17) is 39.4 Å². The van der Waals surface area contributed by atoms with Gasteiger partial charge in [-0.2, -0.15) is 0 Å². The minimum absolute atomic E-state index is 0.278. The Balaban J connectivity index is 2.77. The van der Waals surface area contributed by atoms with Crippen LogP contribution in [0, 0.1) is 0 Å². The topological polar surface area (TPSA) is 78.3 Å². The molecule has 0 aliphatic rings. The molecule has 1 amide bonds. The Morgan fingerprint density at radius 3 is 2.63 bits per heavy atom. The molecule has 1 aromatic carbocycles. The molecule has 6 heteroatoms. The molecule has 1 rings (SSSR count). The van der Waals surface area contributed by atoms with Gasteiger partial charge in [-0.3, -0.25) is 4.79 Å². The number of carbonyl (C=O) groups excluding carboxylic acids is 1. The van der Waals surface area contributed by atoms with Gasteiger partial charge in [-0.05, 0) is 31.4 Å². The molecule has 0 spiro atoms. The number of hydrogen-bond donors (Lipinski definition) is 2. The monoisotopic (exact) mass is 304 g/mol. The summed E-state index contributed by atoms with van der Waals surface area (Å²) >= 11 is 12.3. The van der Waals surface area contributed by atoms with Crippen molar-refractivity contribution in [3.63, 3.8) is 0 Å². The van der Waals surface area contributed by atoms with Crippen LogP contribution in [0.3, 0.4) is 0 Å². The van der Waals surface area contributed by atoms with Crippen molar-refractivity contribution in [1.82, 2.24) is 0 Å². The molecule has 0 fully saturated rings. The molecule has 19 heavy (non-hydrogen) atoms. The summed E-state index contributed by atoms with van der Waals surface area (Å²) in [5, 5.41) is 0.992. The van der Waals surface area contributed by atoms with E-state index in [9.17, 15) is 4.79 Å². The fourth-order valence-electron chi connectivity index (χ4n) is 1.75. The van der Waals surface area contributed by atoms with Crippen LogP contribution in [0.4, 0.5) is 0 Å². The predicted octanol–water partition coefficient (Wildman–Crippen LogP) is 3.05. The van der Waals surface area contributed by atoms with E-state index in [0.717, 1.165) is 5.56 Å². The fourth-order valence-corrected chi connectivity index (χ4v) is 2.27. The summed E-state index contributed by atoms with van der Waals surface area (Å²) in [5.41, 5.74) is 11.9. The van der Waals surface area contributed by atoms with E-state index in [0.29, 0.717) is 41.7 Å². The highest BCUT2D eigenvalue weighted by molar-refractivity contribution is 6.34. The molecule has 0 saturated carbocycles. The lowest BCUT2D eigenvalue weighted by molar-refractivity contribution is -0.118. The standard InChI is InChI=1S/C13H18Cl2N2O2/c1-2-19-12-7-9(14)8(6-10(12)15)11(16)4-3-5-13(17)18/h6-7,11H,2-5,16H2,1H3,(H2,17,18). The minimum atomic E-state index is -0.331. The molecule has 1 atom stereocenters. The number of rotatable bonds is 7. The molecule has 0 bridgehead atoms. The summed E-state index contributed by atoms with van der Waals surface area (Å²) < 4.78 is 5.35. The molecule has 0 heterocycles.